The normalized spacial score (nSPS) is 11.7. The summed E-state index contributed by atoms with van der Waals surface area (Å²) in [7, 11) is 1.18. The van der Waals surface area contributed by atoms with Gasteiger partial charge in [-0.05, 0) is 63.1 Å². The molecule has 0 bridgehead atoms. The molecule has 0 aliphatic rings. The maximum atomic E-state index is 12.8. The average molecular weight is 520 g/mol. The van der Waals surface area contributed by atoms with Crippen molar-refractivity contribution in [2.24, 2.45) is 0 Å². The number of esters is 1. The minimum atomic E-state index is -1.06. The van der Waals surface area contributed by atoms with Crippen LogP contribution in [0.3, 0.4) is 0 Å². The molecule has 11 heteroatoms. The molecular formula is C25H30ClN3O7. The van der Waals surface area contributed by atoms with Gasteiger partial charge in [0.15, 0.2) is 0 Å². The first-order chi connectivity index (χ1) is 16.9. The van der Waals surface area contributed by atoms with E-state index in [0.717, 1.165) is 0 Å². The summed E-state index contributed by atoms with van der Waals surface area (Å²) < 4.78 is 9.88. The SMILES string of the molecule is COC(=O)[C@H](CCNC(=O)OC(C)(C)C)NC(=O)c1ccc(C(=O)NCc2cccc(O)c2)cc1Cl. The van der Waals surface area contributed by atoms with E-state index in [1.807, 2.05) is 0 Å². The second-order valence-electron chi connectivity index (χ2n) is 8.81. The van der Waals surface area contributed by atoms with Crippen LogP contribution in [0.4, 0.5) is 4.79 Å². The first-order valence-corrected chi connectivity index (χ1v) is 11.5. The fourth-order valence-corrected chi connectivity index (χ4v) is 3.32. The van der Waals surface area contributed by atoms with Crippen LogP contribution in [0, 0.1) is 0 Å². The number of carbonyl (C=O) groups excluding carboxylic acids is 4. The highest BCUT2D eigenvalue weighted by Crippen LogP contribution is 2.19. The Bertz CT molecular complexity index is 1120. The summed E-state index contributed by atoms with van der Waals surface area (Å²) in [6.45, 7) is 5.39. The van der Waals surface area contributed by atoms with Crippen LogP contribution in [0.2, 0.25) is 5.02 Å². The molecule has 1 atom stereocenters. The lowest BCUT2D eigenvalue weighted by Crippen LogP contribution is -2.44. The summed E-state index contributed by atoms with van der Waals surface area (Å²) in [5.74, 6) is -1.69. The van der Waals surface area contributed by atoms with Gasteiger partial charge in [-0.2, -0.15) is 0 Å². The molecule has 0 saturated carbocycles. The van der Waals surface area contributed by atoms with Crippen molar-refractivity contribution in [2.45, 2.75) is 45.4 Å². The van der Waals surface area contributed by atoms with Gasteiger partial charge in [0.05, 0.1) is 17.7 Å². The summed E-state index contributed by atoms with van der Waals surface area (Å²) in [5, 5.41) is 17.3. The summed E-state index contributed by atoms with van der Waals surface area (Å²) in [4.78, 5) is 49.2. The van der Waals surface area contributed by atoms with Crippen LogP contribution < -0.4 is 16.0 Å². The van der Waals surface area contributed by atoms with E-state index < -0.39 is 35.5 Å². The maximum Gasteiger partial charge on any atom is 0.407 e. The Morgan fingerprint density at radius 2 is 1.75 bits per heavy atom. The third-order valence-corrected chi connectivity index (χ3v) is 5.04. The number of benzene rings is 2. The van der Waals surface area contributed by atoms with Crippen molar-refractivity contribution in [3.05, 3.63) is 64.2 Å². The van der Waals surface area contributed by atoms with Gasteiger partial charge >= 0.3 is 12.1 Å². The molecule has 0 fully saturated rings. The lowest BCUT2D eigenvalue weighted by molar-refractivity contribution is -0.143. The van der Waals surface area contributed by atoms with Gasteiger partial charge in [0.2, 0.25) is 0 Å². The van der Waals surface area contributed by atoms with E-state index in [0.29, 0.717) is 5.56 Å². The first-order valence-electron chi connectivity index (χ1n) is 11.1. The van der Waals surface area contributed by atoms with Gasteiger partial charge in [-0.25, -0.2) is 9.59 Å². The molecule has 0 aliphatic carbocycles. The van der Waals surface area contributed by atoms with E-state index in [1.54, 1.807) is 32.9 Å². The molecule has 0 radical (unpaired) electrons. The predicted octanol–water partition coefficient (Wildman–Crippen LogP) is 3.16. The molecule has 2 rings (SSSR count). The van der Waals surface area contributed by atoms with Crippen molar-refractivity contribution < 1.29 is 33.8 Å². The van der Waals surface area contributed by atoms with Gasteiger partial charge in [-0.15, -0.1) is 0 Å². The monoisotopic (exact) mass is 519 g/mol. The second kappa shape index (κ2) is 12.8. The highest BCUT2D eigenvalue weighted by Gasteiger charge is 2.24. The van der Waals surface area contributed by atoms with E-state index in [-0.39, 0.29) is 41.4 Å². The van der Waals surface area contributed by atoms with Crippen molar-refractivity contribution in [3.8, 4) is 5.75 Å². The smallest absolute Gasteiger partial charge is 0.407 e. The second-order valence-corrected chi connectivity index (χ2v) is 9.22. The lowest BCUT2D eigenvalue weighted by atomic mass is 10.1. The highest BCUT2D eigenvalue weighted by atomic mass is 35.5. The molecule has 36 heavy (non-hydrogen) atoms. The van der Waals surface area contributed by atoms with Gasteiger partial charge in [0, 0.05) is 18.7 Å². The fraction of sp³-hybridized carbons (Fsp3) is 0.360. The van der Waals surface area contributed by atoms with Crippen molar-refractivity contribution in [3.63, 3.8) is 0 Å². The number of hydrogen-bond acceptors (Lipinski definition) is 7. The van der Waals surface area contributed by atoms with Crippen molar-refractivity contribution in [2.75, 3.05) is 13.7 Å². The molecular weight excluding hydrogens is 490 g/mol. The maximum absolute atomic E-state index is 12.8. The Morgan fingerprint density at radius 1 is 1.03 bits per heavy atom. The number of phenolic OH excluding ortho intramolecular Hbond substituents is 1. The Morgan fingerprint density at radius 3 is 2.36 bits per heavy atom. The number of carbonyl (C=O) groups is 4. The third kappa shape index (κ3) is 9.10. The number of rotatable bonds is 9. The van der Waals surface area contributed by atoms with Crippen molar-refractivity contribution in [1.82, 2.24) is 16.0 Å². The van der Waals surface area contributed by atoms with E-state index in [1.165, 1.54) is 37.4 Å². The molecule has 3 amide bonds. The molecule has 0 aliphatic heterocycles. The third-order valence-electron chi connectivity index (χ3n) is 4.73. The number of phenols is 1. The fourth-order valence-electron chi connectivity index (χ4n) is 3.05. The zero-order valence-electron chi connectivity index (χ0n) is 20.5. The van der Waals surface area contributed by atoms with Gasteiger partial charge in [-0.1, -0.05) is 23.7 Å². The Labute approximate surface area is 214 Å². The van der Waals surface area contributed by atoms with Crippen LogP contribution in [0.5, 0.6) is 5.75 Å². The molecule has 194 valence electrons. The van der Waals surface area contributed by atoms with E-state index in [4.69, 9.17) is 21.1 Å². The standard InChI is InChI=1S/C25H30ClN3O7/c1-25(2,3)36-24(34)27-11-10-20(23(33)35-4)29-22(32)18-9-8-16(13-19(18)26)21(31)28-14-15-6-5-7-17(30)12-15/h5-9,12-13,20,30H,10-11,14H2,1-4H3,(H,27,34)(H,28,31)(H,29,32)/t20-/m0/s1. The number of hydrogen-bond donors (Lipinski definition) is 4. The van der Waals surface area contributed by atoms with Crippen LogP contribution >= 0.6 is 11.6 Å². The molecule has 10 nitrogen and oxygen atoms in total. The Balaban J connectivity index is 1.99. The largest absolute Gasteiger partial charge is 0.508 e. The predicted molar refractivity (Wildman–Crippen MR) is 133 cm³/mol. The van der Waals surface area contributed by atoms with E-state index in [2.05, 4.69) is 16.0 Å². The number of nitrogens with one attached hydrogen (secondary N) is 3. The summed E-state index contributed by atoms with van der Waals surface area (Å²) >= 11 is 6.25. The number of amides is 3. The first kappa shape index (κ1) is 28.4. The lowest BCUT2D eigenvalue weighted by Gasteiger charge is -2.21. The summed E-state index contributed by atoms with van der Waals surface area (Å²) in [5.41, 5.74) is 0.308. The zero-order valence-corrected chi connectivity index (χ0v) is 21.3. The number of halogens is 1. The van der Waals surface area contributed by atoms with Crippen LogP contribution in [0.1, 0.15) is 53.5 Å². The highest BCUT2D eigenvalue weighted by molar-refractivity contribution is 6.34. The van der Waals surface area contributed by atoms with Gasteiger partial charge < -0.3 is 30.5 Å². The summed E-state index contributed by atoms with van der Waals surface area (Å²) in [6, 6.07) is 9.55. The van der Waals surface area contributed by atoms with E-state index >= 15 is 0 Å². The molecule has 4 N–H and O–H groups in total. The number of aromatic hydroxyl groups is 1. The number of methoxy groups -OCH3 is 1. The van der Waals surface area contributed by atoms with Crippen LogP contribution in [0.15, 0.2) is 42.5 Å². The Kier molecular flexibility index (Phi) is 10.1. The number of ether oxygens (including phenoxy) is 2. The molecule has 2 aromatic rings. The minimum absolute atomic E-state index is 0.00741. The van der Waals surface area contributed by atoms with Crippen molar-refractivity contribution >= 4 is 35.5 Å². The average Bonchev–Trinajstić information content (AvgIpc) is 2.80. The summed E-state index contributed by atoms with van der Waals surface area (Å²) in [6.07, 6.45) is -0.608. The van der Waals surface area contributed by atoms with Crippen LogP contribution in [-0.4, -0.2) is 54.3 Å². The van der Waals surface area contributed by atoms with Gasteiger partial charge in [0.1, 0.15) is 17.4 Å². The van der Waals surface area contributed by atoms with Crippen LogP contribution in [0.25, 0.3) is 0 Å². The molecule has 0 unspecified atom stereocenters. The number of alkyl carbamates (subject to hydrolysis) is 1. The van der Waals surface area contributed by atoms with Gasteiger partial charge in [0.25, 0.3) is 11.8 Å². The topological polar surface area (TPSA) is 143 Å². The Hall–Kier alpha value is -3.79. The quantitative estimate of drug-likeness (QED) is 0.372. The van der Waals surface area contributed by atoms with E-state index in [9.17, 15) is 24.3 Å². The van der Waals surface area contributed by atoms with Gasteiger partial charge in [-0.3, -0.25) is 9.59 Å². The molecule has 0 spiro atoms. The molecule has 0 heterocycles. The zero-order chi connectivity index (χ0) is 26.9. The molecule has 0 saturated heterocycles. The van der Waals surface area contributed by atoms with Crippen molar-refractivity contribution in [1.29, 1.82) is 0 Å². The minimum Gasteiger partial charge on any atom is -0.508 e. The van der Waals surface area contributed by atoms with Crippen LogP contribution in [-0.2, 0) is 20.8 Å². The molecule has 0 aromatic heterocycles. The molecule has 2 aromatic carbocycles.